The number of carbonyl (C=O) groups excluding carboxylic acids is 1. The largest absolute Gasteiger partial charge is 0.335 e. The van der Waals surface area contributed by atoms with E-state index in [1.54, 1.807) is 19.3 Å². The molecule has 0 spiro atoms. The van der Waals surface area contributed by atoms with E-state index in [4.69, 9.17) is 0 Å². The minimum atomic E-state index is -0.258. The molecule has 0 fully saturated rings. The predicted octanol–water partition coefficient (Wildman–Crippen LogP) is 3.09. The summed E-state index contributed by atoms with van der Waals surface area (Å²) in [6.07, 6.45) is 3.61. The highest BCUT2D eigenvalue weighted by molar-refractivity contribution is 9.10. The first-order valence-electron chi connectivity index (χ1n) is 6.73. The predicted molar refractivity (Wildman–Crippen MR) is 85.1 cm³/mol. The third-order valence-corrected chi connectivity index (χ3v) is 3.52. The van der Waals surface area contributed by atoms with Gasteiger partial charge in [-0.15, -0.1) is 0 Å². The summed E-state index contributed by atoms with van der Waals surface area (Å²) < 4.78 is 1.84. The summed E-state index contributed by atoms with van der Waals surface area (Å²) in [5, 5.41) is 5.61. The van der Waals surface area contributed by atoms with Crippen molar-refractivity contribution >= 4 is 27.6 Å². The molecule has 0 aliphatic heterocycles. The molecule has 1 rings (SSSR count). The maximum atomic E-state index is 11.9. The number of nitrogens with one attached hydrogen (secondary N) is 2. The van der Waals surface area contributed by atoms with Gasteiger partial charge < -0.3 is 15.2 Å². The Labute approximate surface area is 127 Å². The topological polar surface area (TPSA) is 63.1 Å². The van der Waals surface area contributed by atoms with E-state index in [-0.39, 0.29) is 17.6 Å². The lowest BCUT2D eigenvalue weighted by molar-refractivity contribution is 0.248. The monoisotopic (exact) mass is 343 g/mol. The zero-order chi connectivity index (χ0) is 15.3. The standard InChI is InChI=1S/C14H22BrN3O2/c1-9(2)5-6-10(3)16-14(20)17-11-7-12(15)13(19)18(4)8-11/h7-10H,5-6H2,1-4H3,(H2,16,17,20). The second kappa shape index (κ2) is 7.47. The normalized spacial score (nSPS) is 12.3. The number of halogens is 1. The highest BCUT2D eigenvalue weighted by Gasteiger charge is 2.09. The van der Waals surface area contributed by atoms with E-state index in [2.05, 4.69) is 40.4 Å². The van der Waals surface area contributed by atoms with E-state index in [0.29, 0.717) is 16.1 Å². The fourth-order valence-corrected chi connectivity index (χ4v) is 2.31. The number of anilines is 1. The molecule has 0 bridgehead atoms. The molecule has 112 valence electrons. The first-order valence-corrected chi connectivity index (χ1v) is 7.52. The van der Waals surface area contributed by atoms with Gasteiger partial charge in [0, 0.05) is 19.3 Å². The zero-order valence-corrected chi connectivity index (χ0v) is 14.0. The van der Waals surface area contributed by atoms with Crippen LogP contribution in [0, 0.1) is 5.92 Å². The van der Waals surface area contributed by atoms with Crippen LogP contribution in [0.25, 0.3) is 0 Å². The van der Waals surface area contributed by atoms with Crippen molar-refractivity contribution in [2.45, 2.75) is 39.7 Å². The van der Waals surface area contributed by atoms with Crippen molar-refractivity contribution < 1.29 is 4.79 Å². The van der Waals surface area contributed by atoms with E-state index < -0.39 is 0 Å². The van der Waals surface area contributed by atoms with Crippen LogP contribution in [0.2, 0.25) is 0 Å². The molecule has 0 radical (unpaired) electrons. The van der Waals surface area contributed by atoms with Crippen LogP contribution in [0.5, 0.6) is 0 Å². The van der Waals surface area contributed by atoms with Crippen LogP contribution in [0.1, 0.15) is 33.6 Å². The Balaban J connectivity index is 2.56. The van der Waals surface area contributed by atoms with Crippen molar-refractivity contribution in [3.63, 3.8) is 0 Å². The third-order valence-electron chi connectivity index (χ3n) is 2.95. The Hall–Kier alpha value is -1.30. The van der Waals surface area contributed by atoms with Crippen molar-refractivity contribution in [3.8, 4) is 0 Å². The average molecular weight is 344 g/mol. The Kier molecular flexibility index (Phi) is 6.26. The van der Waals surface area contributed by atoms with E-state index in [1.165, 1.54) is 4.57 Å². The number of urea groups is 1. The SMILES string of the molecule is CC(C)CCC(C)NC(=O)Nc1cc(Br)c(=O)n(C)c1. The molecule has 0 saturated heterocycles. The Bertz CT molecular complexity index is 499. The zero-order valence-electron chi connectivity index (χ0n) is 12.4. The van der Waals surface area contributed by atoms with Gasteiger partial charge in [0.05, 0.1) is 10.2 Å². The molecule has 20 heavy (non-hydrogen) atoms. The number of rotatable bonds is 5. The van der Waals surface area contributed by atoms with E-state index >= 15 is 0 Å². The molecule has 1 heterocycles. The minimum Gasteiger partial charge on any atom is -0.335 e. The first-order chi connectivity index (χ1) is 9.29. The van der Waals surface area contributed by atoms with Gasteiger partial charge >= 0.3 is 6.03 Å². The molecule has 1 unspecified atom stereocenters. The lowest BCUT2D eigenvalue weighted by Gasteiger charge is -2.16. The van der Waals surface area contributed by atoms with Gasteiger partial charge in [0.2, 0.25) is 0 Å². The van der Waals surface area contributed by atoms with Crippen LogP contribution in [0.4, 0.5) is 10.5 Å². The van der Waals surface area contributed by atoms with E-state index in [1.807, 2.05) is 6.92 Å². The number of pyridine rings is 1. The summed E-state index contributed by atoms with van der Waals surface area (Å²) >= 11 is 3.17. The summed E-state index contributed by atoms with van der Waals surface area (Å²) in [6, 6.07) is 1.46. The summed E-state index contributed by atoms with van der Waals surface area (Å²) in [6.45, 7) is 6.31. The molecule has 0 aromatic carbocycles. The van der Waals surface area contributed by atoms with Gasteiger partial charge in [0.15, 0.2) is 0 Å². The third kappa shape index (κ3) is 5.36. The molecular weight excluding hydrogens is 322 g/mol. The summed E-state index contributed by atoms with van der Waals surface area (Å²) in [4.78, 5) is 23.4. The van der Waals surface area contributed by atoms with Crippen LogP contribution in [-0.2, 0) is 7.05 Å². The maximum absolute atomic E-state index is 11.9. The molecule has 1 atom stereocenters. The molecule has 5 nitrogen and oxygen atoms in total. The molecule has 0 aliphatic carbocycles. The first kappa shape index (κ1) is 16.8. The van der Waals surface area contributed by atoms with E-state index in [9.17, 15) is 9.59 Å². The molecule has 2 N–H and O–H groups in total. The Morgan fingerprint density at radius 3 is 2.55 bits per heavy atom. The van der Waals surface area contributed by atoms with Crippen molar-refractivity contribution in [1.82, 2.24) is 9.88 Å². The molecule has 0 aliphatic rings. The smallest absolute Gasteiger partial charge is 0.319 e. The van der Waals surface area contributed by atoms with Crippen molar-refractivity contribution in [1.29, 1.82) is 0 Å². The number of aromatic nitrogens is 1. The quantitative estimate of drug-likeness (QED) is 0.862. The van der Waals surface area contributed by atoms with Crippen LogP contribution < -0.4 is 16.2 Å². The molecular formula is C14H22BrN3O2. The fourth-order valence-electron chi connectivity index (χ4n) is 1.79. The average Bonchev–Trinajstić information content (AvgIpc) is 2.33. The van der Waals surface area contributed by atoms with Crippen LogP contribution in [0.15, 0.2) is 21.5 Å². The number of hydrogen-bond acceptors (Lipinski definition) is 2. The maximum Gasteiger partial charge on any atom is 0.319 e. The van der Waals surface area contributed by atoms with Crippen molar-refractivity contribution in [2.24, 2.45) is 13.0 Å². The molecule has 0 saturated carbocycles. The van der Waals surface area contributed by atoms with Gasteiger partial charge in [-0.05, 0) is 47.7 Å². The second-order valence-corrected chi connectivity index (χ2v) is 6.32. The molecule has 1 aromatic heterocycles. The van der Waals surface area contributed by atoms with Crippen LogP contribution >= 0.6 is 15.9 Å². The van der Waals surface area contributed by atoms with Gasteiger partial charge in [-0.1, -0.05) is 13.8 Å². The Morgan fingerprint density at radius 2 is 2.00 bits per heavy atom. The van der Waals surface area contributed by atoms with Crippen LogP contribution in [0.3, 0.4) is 0 Å². The summed E-state index contributed by atoms with van der Waals surface area (Å²) in [7, 11) is 1.64. The number of aryl methyl sites for hydroxylation is 1. The molecule has 2 amide bonds. The fraction of sp³-hybridized carbons (Fsp3) is 0.571. The summed E-state index contributed by atoms with van der Waals surface area (Å²) in [5.74, 6) is 0.627. The minimum absolute atomic E-state index is 0.119. The van der Waals surface area contributed by atoms with Crippen LogP contribution in [-0.4, -0.2) is 16.6 Å². The lowest BCUT2D eigenvalue weighted by Crippen LogP contribution is -2.36. The highest BCUT2D eigenvalue weighted by atomic mass is 79.9. The van der Waals surface area contributed by atoms with Crippen molar-refractivity contribution in [2.75, 3.05) is 5.32 Å². The van der Waals surface area contributed by atoms with Crippen molar-refractivity contribution in [3.05, 3.63) is 27.1 Å². The van der Waals surface area contributed by atoms with Gasteiger partial charge in [-0.25, -0.2) is 4.79 Å². The number of hydrogen-bond donors (Lipinski definition) is 2. The molecule has 6 heteroatoms. The number of amides is 2. The lowest BCUT2D eigenvalue weighted by atomic mass is 10.0. The summed E-state index contributed by atoms with van der Waals surface area (Å²) in [5.41, 5.74) is 0.439. The molecule has 1 aromatic rings. The second-order valence-electron chi connectivity index (χ2n) is 5.46. The number of nitrogens with zero attached hydrogens (tertiary/aromatic N) is 1. The Morgan fingerprint density at radius 1 is 1.35 bits per heavy atom. The number of carbonyl (C=O) groups is 1. The van der Waals surface area contributed by atoms with E-state index in [0.717, 1.165) is 12.8 Å². The van der Waals surface area contributed by atoms with Gasteiger partial charge in [-0.3, -0.25) is 4.79 Å². The highest BCUT2D eigenvalue weighted by Crippen LogP contribution is 2.11. The van der Waals surface area contributed by atoms with Gasteiger partial charge in [0.1, 0.15) is 0 Å². The van der Waals surface area contributed by atoms with Gasteiger partial charge in [-0.2, -0.15) is 0 Å². The van der Waals surface area contributed by atoms with Gasteiger partial charge in [0.25, 0.3) is 5.56 Å².